The van der Waals surface area contributed by atoms with Gasteiger partial charge in [-0.25, -0.2) is 14.4 Å². The van der Waals surface area contributed by atoms with Crippen LogP contribution >= 0.6 is 0 Å². The molecule has 0 amide bonds. The largest absolute Gasteiger partial charge is 0.483 e. The van der Waals surface area contributed by atoms with Gasteiger partial charge in [-0.3, -0.25) is 9.59 Å². The first-order chi connectivity index (χ1) is 22.7. The minimum atomic E-state index is -1.63. The number of esters is 4. The molecule has 3 aliphatic heterocycles. The molecular weight excluding hydrogens is 634 g/mol. The van der Waals surface area contributed by atoms with Crippen molar-refractivity contribution >= 4 is 34.8 Å². The molecule has 6 atom stereocenters. The summed E-state index contributed by atoms with van der Waals surface area (Å²) in [4.78, 5) is 68.4. The maximum atomic E-state index is 14.5. The lowest BCUT2D eigenvalue weighted by Gasteiger charge is -2.45. The van der Waals surface area contributed by atoms with Crippen molar-refractivity contribution < 1.29 is 47.3 Å². The molecule has 260 valence electrons. The monoisotopic (exact) mass is 675 g/mol. The van der Waals surface area contributed by atoms with Crippen LogP contribution in [0.4, 0.5) is 0 Å². The highest BCUT2D eigenvalue weighted by molar-refractivity contribution is 5.95. The highest BCUT2D eigenvalue weighted by atomic mass is 16.7. The van der Waals surface area contributed by atoms with Gasteiger partial charge in [0.05, 0.1) is 34.4 Å². The van der Waals surface area contributed by atoms with E-state index >= 15 is 0 Å². The first kappa shape index (κ1) is 33.1. The van der Waals surface area contributed by atoms with Crippen molar-refractivity contribution in [2.24, 2.45) is 21.7 Å². The van der Waals surface area contributed by atoms with Crippen LogP contribution in [0.3, 0.4) is 0 Å². The summed E-state index contributed by atoms with van der Waals surface area (Å²) in [5.41, 5.74) is -8.19. The van der Waals surface area contributed by atoms with Gasteiger partial charge in [-0.05, 0) is 78.0 Å². The predicted octanol–water partition coefficient (Wildman–Crippen LogP) is 5.08. The molecule has 1 aromatic heterocycles. The molecule has 12 heteroatoms. The molecule has 4 heterocycles. The zero-order chi connectivity index (χ0) is 35.9. The van der Waals surface area contributed by atoms with Crippen LogP contribution in [0.5, 0.6) is 5.75 Å². The van der Waals surface area contributed by atoms with Crippen LogP contribution in [0.1, 0.15) is 104 Å². The molecule has 49 heavy (non-hydrogen) atoms. The SMILES string of the molecule is Cc1c(CC#N)c(=O)oc2c3c(ccc12)OC(C)(C)[C@H](OC(=O)C12CCC(C)(C(=O)O1)C2(C)C)[C@@H]3OC(=O)C12CCC(C)(C(=O)O1)C2(C)C. The third-order valence-electron chi connectivity index (χ3n) is 13.6. The second kappa shape index (κ2) is 9.64. The molecule has 12 nitrogen and oxygen atoms in total. The van der Waals surface area contributed by atoms with E-state index in [4.69, 9.17) is 28.1 Å². The van der Waals surface area contributed by atoms with Crippen LogP contribution in [0.2, 0.25) is 0 Å². The second-order valence-corrected chi connectivity index (χ2v) is 16.4. The molecule has 4 unspecified atom stereocenters. The van der Waals surface area contributed by atoms with Crippen LogP contribution in [-0.2, 0) is 44.5 Å². The Morgan fingerprint density at radius 1 is 0.816 bits per heavy atom. The van der Waals surface area contributed by atoms with Crippen molar-refractivity contribution in [1.29, 1.82) is 5.26 Å². The summed E-state index contributed by atoms with van der Waals surface area (Å²) in [6.45, 7) is 15.8. The van der Waals surface area contributed by atoms with Crippen molar-refractivity contribution in [2.45, 2.75) is 123 Å². The van der Waals surface area contributed by atoms with Crippen molar-refractivity contribution in [3.8, 4) is 11.8 Å². The molecule has 2 saturated heterocycles. The molecule has 4 fully saturated rings. The second-order valence-electron chi connectivity index (χ2n) is 16.4. The Hall–Kier alpha value is -4.40. The van der Waals surface area contributed by atoms with Crippen LogP contribution in [0, 0.1) is 39.9 Å². The maximum absolute atomic E-state index is 14.5. The van der Waals surface area contributed by atoms with Gasteiger partial charge in [0, 0.05) is 16.2 Å². The highest BCUT2D eigenvalue weighted by Crippen LogP contribution is 2.67. The van der Waals surface area contributed by atoms with E-state index in [0.29, 0.717) is 23.8 Å². The van der Waals surface area contributed by atoms with E-state index in [1.165, 1.54) is 0 Å². The zero-order valence-electron chi connectivity index (χ0n) is 29.3. The summed E-state index contributed by atoms with van der Waals surface area (Å²) >= 11 is 0. The van der Waals surface area contributed by atoms with E-state index in [1.807, 2.05) is 6.07 Å². The number of ether oxygens (including phenoxy) is 5. The zero-order valence-corrected chi connectivity index (χ0v) is 29.3. The standard InChI is InChI=1S/C37H41NO11/c1-18-19-10-11-21-22(23(19)44-26(39)20(18)12-17-38)24(45-29(42)36-15-13-34(8,27(40)48-36)32(36,4)5)25(31(2,3)47-21)46-30(43)37-16-14-35(9,28(41)49-37)33(37,6)7/h10-11,24-25H,12-16H2,1-9H3/t24-,25-,34?,35?,36?,37?/m1/s1. The third-order valence-corrected chi connectivity index (χ3v) is 13.6. The summed E-state index contributed by atoms with van der Waals surface area (Å²) in [7, 11) is 0. The van der Waals surface area contributed by atoms with Crippen LogP contribution < -0.4 is 10.4 Å². The Kier molecular flexibility index (Phi) is 6.51. The van der Waals surface area contributed by atoms with Crippen molar-refractivity contribution in [3.05, 3.63) is 39.2 Å². The molecule has 0 radical (unpaired) electrons. The number of fused-ring (bicyclic) bond motifs is 7. The number of carbonyl (C=O) groups excluding carboxylic acids is 4. The van der Waals surface area contributed by atoms with Gasteiger partial charge in [0.25, 0.3) is 0 Å². The van der Waals surface area contributed by atoms with Crippen LogP contribution in [-0.4, -0.2) is 46.8 Å². The van der Waals surface area contributed by atoms with E-state index in [0.717, 1.165) is 0 Å². The summed E-state index contributed by atoms with van der Waals surface area (Å²) in [5.74, 6) is -2.42. The molecule has 0 spiro atoms. The first-order valence-corrected chi connectivity index (χ1v) is 16.7. The molecule has 2 saturated carbocycles. The lowest BCUT2D eigenvalue weighted by atomic mass is 9.66. The van der Waals surface area contributed by atoms with Crippen molar-refractivity contribution in [2.75, 3.05) is 0 Å². The van der Waals surface area contributed by atoms with Gasteiger partial charge in [-0.1, -0.05) is 27.7 Å². The lowest BCUT2D eigenvalue weighted by molar-refractivity contribution is -0.217. The Labute approximate surface area is 283 Å². The Morgan fingerprint density at radius 3 is 1.82 bits per heavy atom. The van der Waals surface area contributed by atoms with Gasteiger partial charge in [0.1, 0.15) is 16.9 Å². The number of hydrogen-bond donors (Lipinski definition) is 0. The molecular formula is C37H41NO11. The summed E-state index contributed by atoms with van der Waals surface area (Å²) in [6, 6.07) is 5.33. The molecule has 2 aromatic rings. The van der Waals surface area contributed by atoms with E-state index in [-0.39, 0.29) is 41.7 Å². The number of nitriles is 1. The molecule has 7 rings (SSSR count). The average molecular weight is 676 g/mol. The summed E-state index contributed by atoms with van der Waals surface area (Å²) < 4.78 is 36.7. The van der Waals surface area contributed by atoms with Crippen LogP contribution in [0.25, 0.3) is 11.0 Å². The number of nitrogens with zero attached hydrogens (tertiary/aromatic N) is 1. The topological polar surface area (TPSA) is 168 Å². The lowest BCUT2D eigenvalue weighted by Crippen LogP contribution is -2.57. The van der Waals surface area contributed by atoms with E-state index in [9.17, 15) is 29.2 Å². The fourth-order valence-corrected chi connectivity index (χ4v) is 9.11. The quantitative estimate of drug-likeness (QED) is 0.235. The van der Waals surface area contributed by atoms with E-state index in [1.54, 1.807) is 74.4 Å². The Morgan fingerprint density at radius 2 is 1.35 bits per heavy atom. The van der Waals surface area contributed by atoms with Gasteiger partial charge in [0.2, 0.25) is 11.2 Å². The number of aryl methyl sites for hydroxylation is 1. The normalized spacial score (nSPS) is 35.6. The minimum absolute atomic E-state index is 0.0340. The Bertz CT molecular complexity index is 2000. The average Bonchev–Trinajstić information content (AvgIpc) is 3.48. The van der Waals surface area contributed by atoms with Crippen molar-refractivity contribution in [1.82, 2.24) is 0 Å². The summed E-state index contributed by atoms with van der Waals surface area (Å²) in [6.07, 6.45) is -1.68. The Balaban J connectivity index is 1.39. The fraction of sp³-hybridized carbons (Fsp3) is 0.622. The summed E-state index contributed by atoms with van der Waals surface area (Å²) in [5, 5.41) is 9.83. The maximum Gasteiger partial charge on any atom is 0.351 e. The van der Waals surface area contributed by atoms with Gasteiger partial charge < -0.3 is 28.1 Å². The molecule has 2 aliphatic carbocycles. The molecule has 1 aromatic carbocycles. The van der Waals surface area contributed by atoms with Gasteiger partial charge in [0.15, 0.2) is 12.2 Å². The number of rotatable bonds is 5. The number of carbonyl (C=O) groups is 4. The fourth-order valence-electron chi connectivity index (χ4n) is 9.11. The van der Waals surface area contributed by atoms with Crippen molar-refractivity contribution in [3.63, 3.8) is 0 Å². The predicted molar refractivity (Wildman–Crippen MR) is 170 cm³/mol. The first-order valence-electron chi connectivity index (χ1n) is 16.7. The molecule has 0 N–H and O–H groups in total. The molecule has 5 aliphatic rings. The van der Waals surface area contributed by atoms with E-state index in [2.05, 4.69) is 0 Å². The van der Waals surface area contributed by atoms with Gasteiger partial charge in [-0.2, -0.15) is 5.26 Å². The highest BCUT2D eigenvalue weighted by Gasteiger charge is 2.78. The molecule has 4 bridgehead atoms. The van der Waals surface area contributed by atoms with Crippen LogP contribution in [0.15, 0.2) is 21.3 Å². The van der Waals surface area contributed by atoms with E-state index < -0.39 is 80.2 Å². The smallest absolute Gasteiger partial charge is 0.351 e. The van der Waals surface area contributed by atoms with Gasteiger partial charge >= 0.3 is 29.5 Å². The third kappa shape index (κ3) is 3.71. The van der Waals surface area contributed by atoms with Gasteiger partial charge in [-0.15, -0.1) is 0 Å². The number of hydrogen-bond acceptors (Lipinski definition) is 12. The number of benzene rings is 1. The minimum Gasteiger partial charge on any atom is -0.483 e.